The monoisotopic (exact) mass is 422 g/mol. The fourth-order valence-corrected chi connectivity index (χ4v) is 6.55. The fourth-order valence-electron chi connectivity index (χ4n) is 5.00. The molecular formula is C30H34Si. The maximum absolute atomic E-state index is 2.56. The Morgan fingerprint density at radius 2 is 1.00 bits per heavy atom. The van der Waals surface area contributed by atoms with Crippen LogP contribution < -0.4 is 0 Å². The van der Waals surface area contributed by atoms with Crippen LogP contribution in [0, 0.1) is 5.41 Å². The summed E-state index contributed by atoms with van der Waals surface area (Å²) >= 11 is 0. The van der Waals surface area contributed by atoms with Gasteiger partial charge in [-0.1, -0.05) is 142 Å². The molecule has 0 spiro atoms. The summed E-state index contributed by atoms with van der Waals surface area (Å²) in [7, 11) is -1.03. The lowest BCUT2D eigenvalue weighted by Crippen LogP contribution is -2.33. The van der Waals surface area contributed by atoms with E-state index in [4.69, 9.17) is 0 Å². The largest absolute Gasteiger partial charge is 0.0759 e. The summed E-state index contributed by atoms with van der Waals surface area (Å²) in [6.45, 7) is 12.0. The number of benzene rings is 3. The maximum Gasteiger partial charge on any atom is 0.0697 e. The van der Waals surface area contributed by atoms with Crippen molar-refractivity contribution in [1.29, 1.82) is 0 Å². The average molecular weight is 423 g/mol. The molecule has 1 aliphatic rings. The number of hydrogen-bond acceptors (Lipinski definition) is 0. The number of hydrogen-bond donors (Lipinski definition) is 0. The highest BCUT2D eigenvalue weighted by atomic mass is 28.3. The zero-order valence-corrected chi connectivity index (χ0v) is 20.7. The van der Waals surface area contributed by atoms with Gasteiger partial charge in [0.2, 0.25) is 0 Å². The van der Waals surface area contributed by atoms with Crippen molar-refractivity contribution in [3.63, 3.8) is 0 Å². The van der Waals surface area contributed by atoms with Gasteiger partial charge in [-0.2, -0.15) is 0 Å². The van der Waals surface area contributed by atoms with Crippen LogP contribution >= 0.6 is 0 Å². The van der Waals surface area contributed by atoms with Gasteiger partial charge in [-0.05, 0) is 34.1 Å². The molecule has 0 fully saturated rings. The average Bonchev–Trinajstić information content (AvgIpc) is 3.23. The molecule has 0 heterocycles. The minimum absolute atomic E-state index is 0.173. The summed E-state index contributed by atoms with van der Waals surface area (Å²) in [4.78, 5) is 0. The molecule has 0 bridgehead atoms. The first-order valence-electron chi connectivity index (χ1n) is 11.5. The Labute approximate surface area is 190 Å². The van der Waals surface area contributed by atoms with Gasteiger partial charge >= 0.3 is 0 Å². The van der Waals surface area contributed by atoms with Crippen LogP contribution in [0.5, 0.6) is 0 Å². The van der Waals surface area contributed by atoms with Crippen LogP contribution in [0.1, 0.15) is 43.9 Å². The Hall–Kier alpha value is -2.64. The van der Waals surface area contributed by atoms with Crippen LogP contribution in [0.3, 0.4) is 0 Å². The van der Waals surface area contributed by atoms with Crippen LogP contribution in [0.4, 0.5) is 0 Å². The fraction of sp³-hybridized carbons (Fsp3) is 0.267. The molecule has 0 atom stereocenters. The third-order valence-corrected chi connectivity index (χ3v) is 8.64. The molecule has 0 amide bonds. The van der Waals surface area contributed by atoms with Gasteiger partial charge in [-0.15, -0.1) is 0 Å². The molecule has 0 nitrogen and oxygen atoms in total. The zero-order valence-electron chi connectivity index (χ0n) is 19.5. The molecule has 0 unspecified atom stereocenters. The van der Waals surface area contributed by atoms with E-state index in [2.05, 4.69) is 131 Å². The predicted molar refractivity (Wildman–Crippen MR) is 137 cm³/mol. The van der Waals surface area contributed by atoms with Crippen LogP contribution in [0.2, 0.25) is 13.1 Å². The molecule has 3 aromatic carbocycles. The Bertz CT molecular complexity index is 985. The topological polar surface area (TPSA) is 0 Å². The van der Waals surface area contributed by atoms with Crippen LogP contribution in [0.15, 0.2) is 113 Å². The minimum Gasteiger partial charge on any atom is -0.0759 e. The van der Waals surface area contributed by atoms with E-state index in [1.807, 2.05) is 0 Å². The molecule has 0 aliphatic heterocycles. The maximum atomic E-state index is 2.56. The Morgan fingerprint density at radius 3 is 1.32 bits per heavy atom. The van der Waals surface area contributed by atoms with E-state index in [-0.39, 0.29) is 10.8 Å². The molecule has 3 aromatic rings. The third-order valence-electron chi connectivity index (χ3n) is 6.73. The van der Waals surface area contributed by atoms with E-state index in [0.717, 1.165) is 6.42 Å². The van der Waals surface area contributed by atoms with Gasteiger partial charge in [-0.3, -0.25) is 0 Å². The first-order valence-corrected chi connectivity index (χ1v) is 14.3. The van der Waals surface area contributed by atoms with E-state index >= 15 is 0 Å². The van der Waals surface area contributed by atoms with Gasteiger partial charge in [0, 0.05) is 0 Å². The highest BCUT2D eigenvalue weighted by Crippen LogP contribution is 2.52. The lowest BCUT2D eigenvalue weighted by molar-refractivity contribution is 0.495. The van der Waals surface area contributed by atoms with Crippen molar-refractivity contribution in [2.24, 2.45) is 5.41 Å². The highest BCUT2D eigenvalue weighted by Gasteiger charge is 2.43. The smallest absolute Gasteiger partial charge is 0.0697 e. The Kier molecular flexibility index (Phi) is 5.90. The lowest BCUT2D eigenvalue weighted by Gasteiger charge is -2.38. The van der Waals surface area contributed by atoms with Crippen molar-refractivity contribution in [1.82, 2.24) is 0 Å². The van der Waals surface area contributed by atoms with Crippen LogP contribution in [0.25, 0.3) is 0 Å². The number of rotatable bonds is 5. The molecule has 1 aliphatic carbocycles. The molecule has 158 valence electrons. The summed E-state index contributed by atoms with van der Waals surface area (Å²) in [6.07, 6.45) is 3.69. The molecule has 4 rings (SSSR count). The van der Waals surface area contributed by atoms with Gasteiger partial charge in [0.05, 0.1) is 14.2 Å². The van der Waals surface area contributed by atoms with E-state index in [0.29, 0.717) is 0 Å². The van der Waals surface area contributed by atoms with Gasteiger partial charge in [0.1, 0.15) is 0 Å². The molecule has 0 saturated carbocycles. The van der Waals surface area contributed by atoms with Gasteiger partial charge in [-0.25, -0.2) is 0 Å². The van der Waals surface area contributed by atoms with E-state index in [1.165, 1.54) is 22.3 Å². The van der Waals surface area contributed by atoms with Crippen molar-refractivity contribution in [3.8, 4) is 0 Å². The van der Waals surface area contributed by atoms with Gasteiger partial charge < -0.3 is 0 Å². The highest BCUT2D eigenvalue weighted by molar-refractivity contribution is 6.64. The molecule has 0 radical (unpaired) electrons. The van der Waals surface area contributed by atoms with E-state index < -0.39 is 8.80 Å². The van der Waals surface area contributed by atoms with E-state index in [1.54, 1.807) is 10.8 Å². The van der Waals surface area contributed by atoms with Crippen molar-refractivity contribution >= 4 is 8.80 Å². The Morgan fingerprint density at radius 1 is 0.613 bits per heavy atom. The summed E-state index contributed by atoms with van der Waals surface area (Å²) in [6, 6.07) is 33.4. The van der Waals surface area contributed by atoms with Crippen molar-refractivity contribution in [2.75, 3.05) is 0 Å². The second-order valence-corrected chi connectivity index (χ2v) is 13.0. The molecule has 0 N–H and O–H groups in total. The molecular weight excluding hydrogens is 388 g/mol. The van der Waals surface area contributed by atoms with Crippen molar-refractivity contribution in [2.45, 2.75) is 45.7 Å². The SMILES string of the molecule is C[SiH](C)C1=C(C(c2ccccc2)(c2ccccc2)c2ccccc2)C=C(C(C)(C)C)C1. The Balaban J connectivity index is 2.15. The van der Waals surface area contributed by atoms with Crippen LogP contribution in [-0.4, -0.2) is 8.80 Å². The third kappa shape index (κ3) is 3.88. The second kappa shape index (κ2) is 8.47. The van der Waals surface area contributed by atoms with Crippen molar-refractivity contribution < 1.29 is 0 Å². The normalized spacial score (nSPS) is 14.8. The standard InChI is InChI=1S/C30H34Si/c1-29(2,3)26-21-27(28(22-26)31(4)5)30(23-15-9-6-10-16-23,24-17-11-7-12-18-24)25-19-13-8-14-20-25/h6-21,31H,22H2,1-5H3. The molecule has 0 saturated heterocycles. The van der Waals surface area contributed by atoms with E-state index in [9.17, 15) is 0 Å². The molecule has 0 aromatic heterocycles. The van der Waals surface area contributed by atoms with Gasteiger partial charge in [0.25, 0.3) is 0 Å². The summed E-state index contributed by atoms with van der Waals surface area (Å²) in [5, 5.41) is 1.70. The molecule has 31 heavy (non-hydrogen) atoms. The zero-order chi connectivity index (χ0) is 22.1. The first-order chi connectivity index (χ1) is 14.8. The van der Waals surface area contributed by atoms with Crippen molar-refractivity contribution in [3.05, 3.63) is 130 Å². The summed E-state index contributed by atoms with van der Waals surface area (Å²) in [5.74, 6) is 0. The number of allylic oxidation sites excluding steroid dienone is 4. The summed E-state index contributed by atoms with van der Waals surface area (Å²) < 4.78 is 0. The summed E-state index contributed by atoms with van der Waals surface area (Å²) in [5.41, 5.74) is 6.99. The minimum atomic E-state index is -1.03. The quantitative estimate of drug-likeness (QED) is 0.292. The van der Waals surface area contributed by atoms with Crippen LogP contribution in [-0.2, 0) is 5.41 Å². The first kappa shape index (κ1) is 21.6. The second-order valence-electron chi connectivity index (χ2n) is 10.0. The van der Waals surface area contributed by atoms with Gasteiger partial charge in [0.15, 0.2) is 0 Å². The lowest BCUT2D eigenvalue weighted by atomic mass is 9.64. The predicted octanol–water partition coefficient (Wildman–Crippen LogP) is 7.72. The molecule has 1 heteroatoms.